The van der Waals surface area contributed by atoms with E-state index in [-0.39, 0.29) is 31.5 Å². The minimum atomic E-state index is -5.75. The zero-order valence-electron chi connectivity index (χ0n) is 19.7. The average Bonchev–Trinajstić information content (AvgIpc) is 3.15. The number of hydrogen-bond acceptors (Lipinski definition) is 5. The van der Waals surface area contributed by atoms with Crippen LogP contribution in [0, 0.1) is 5.41 Å². The first-order chi connectivity index (χ1) is 17.2. The van der Waals surface area contributed by atoms with Crippen molar-refractivity contribution in [1.29, 1.82) is 0 Å². The minimum Gasteiger partial charge on any atom is -0.494 e. The van der Waals surface area contributed by atoms with Gasteiger partial charge in [0.1, 0.15) is 5.75 Å². The van der Waals surface area contributed by atoms with E-state index in [0.717, 1.165) is 23.4 Å². The number of aliphatic carboxylic acids is 1. The Bertz CT molecular complexity index is 952. The molecule has 1 aromatic carbocycles. The molecule has 1 amide bonds. The first-order valence-electron chi connectivity index (χ1n) is 11.6. The number of carboxylic acid groups (broad SMARTS) is 1. The maximum absolute atomic E-state index is 12.7. The Morgan fingerprint density at radius 3 is 2.24 bits per heavy atom. The first kappa shape index (κ1) is 29.2. The largest absolute Gasteiger partial charge is 0.494 e. The molecule has 2 aliphatic heterocycles. The highest BCUT2D eigenvalue weighted by Crippen LogP contribution is 2.42. The molecule has 7 nitrogen and oxygen atoms in total. The number of carbonyl (C=O) groups excluding carboxylic acids is 1. The van der Waals surface area contributed by atoms with Gasteiger partial charge in [-0.2, -0.15) is 26.3 Å². The van der Waals surface area contributed by atoms with E-state index in [1.807, 2.05) is 6.07 Å². The van der Waals surface area contributed by atoms with E-state index in [2.05, 4.69) is 9.64 Å². The second-order valence-electron chi connectivity index (χ2n) is 9.44. The van der Waals surface area contributed by atoms with E-state index in [1.165, 1.54) is 0 Å². The first-order valence-corrected chi connectivity index (χ1v) is 12.0. The van der Waals surface area contributed by atoms with Gasteiger partial charge in [-0.25, -0.2) is 4.79 Å². The summed E-state index contributed by atoms with van der Waals surface area (Å²) in [7, 11) is 0. The SMILES string of the molecule is O=C(O)CCCOc1cc(Cl)cc(CN2CCC3(CCN(C(=O)OC(C(F)(F)F)C(F)(F)F)CC3)C2)c1. The third-order valence-electron chi connectivity index (χ3n) is 6.55. The second kappa shape index (κ2) is 11.5. The van der Waals surface area contributed by atoms with E-state index in [4.69, 9.17) is 21.4 Å². The lowest BCUT2D eigenvalue weighted by atomic mass is 9.78. The van der Waals surface area contributed by atoms with Crippen molar-refractivity contribution >= 4 is 23.7 Å². The van der Waals surface area contributed by atoms with Gasteiger partial charge in [-0.15, -0.1) is 0 Å². The molecule has 0 radical (unpaired) electrons. The third kappa shape index (κ3) is 8.29. The predicted molar refractivity (Wildman–Crippen MR) is 119 cm³/mol. The number of rotatable bonds is 8. The molecular weight excluding hydrogens is 534 g/mol. The van der Waals surface area contributed by atoms with Crippen LogP contribution in [0.1, 0.15) is 37.7 Å². The van der Waals surface area contributed by atoms with E-state index in [0.29, 0.717) is 43.1 Å². The van der Waals surface area contributed by atoms with Gasteiger partial charge in [0.25, 0.3) is 6.10 Å². The molecular formula is C23H27ClF6N2O5. The van der Waals surface area contributed by atoms with Crippen LogP contribution in [0.3, 0.4) is 0 Å². The average molecular weight is 561 g/mol. The van der Waals surface area contributed by atoms with Gasteiger partial charge in [0, 0.05) is 37.6 Å². The number of benzene rings is 1. The molecule has 0 aromatic heterocycles. The fraction of sp³-hybridized carbons (Fsp3) is 0.652. The van der Waals surface area contributed by atoms with Crippen LogP contribution in [0.2, 0.25) is 5.02 Å². The molecule has 2 fully saturated rings. The van der Waals surface area contributed by atoms with Crippen molar-refractivity contribution in [2.24, 2.45) is 5.41 Å². The molecule has 0 bridgehead atoms. The summed E-state index contributed by atoms with van der Waals surface area (Å²) >= 11 is 6.20. The van der Waals surface area contributed by atoms with E-state index in [1.54, 1.807) is 12.1 Å². The van der Waals surface area contributed by atoms with Gasteiger partial charge in [-0.05, 0) is 61.4 Å². The van der Waals surface area contributed by atoms with Crippen molar-refractivity contribution < 1.29 is 50.5 Å². The molecule has 1 N–H and O–H groups in total. The Morgan fingerprint density at radius 2 is 1.65 bits per heavy atom. The Hall–Kier alpha value is -2.41. The topological polar surface area (TPSA) is 79.3 Å². The van der Waals surface area contributed by atoms with Gasteiger partial charge in [-0.3, -0.25) is 9.69 Å². The Morgan fingerprint density at radius 1 is 1.03 bits per heavy atom. The summed E-state index contributed by atoms with van der Waals surface area (Å²) in [4.78, 5) is 25.7. The number of hydrogen-bond donors (Lipinski definition) is 1. The maximum atomic E-state index is 12.7. The van der Waals surface area contributed by atoms with Gasteiger partial charge >= 0.3 is 24.4 Å². The minimum absolute atomic E-state index is 0.000599. The highest BCUT2D eigenvalue weighted by molar-refractivity contribution is 6.30. The molecule has 0 atom stereocenters. The van der Waals surface area contributed by atoms with E-state index < -0.39 is 30.5 Å². The molecule has 1 spiro atoms. The number of amides is 1. The number of alkyl halides is 6. The highest BCUT2D eigenvalue weighted by atomic mass is 35.5. The van der Waals surface area contributed by atoms with Crippen molar-refractivity contribution in [2.45, 2.75) is 57.1 Å². The summed E-state index contributed by atoms with van der Waals surface area (Å²) < 4.78 is 85.6. The van der Waals surface area contributed by atoms with Crippen LogP contribution in [0.5, 0.6) is 5.75 Å². The van der Waals surface area contributed by atoms with Crippen LogP contribution in [-0.2, 0) is 16.1 Å². The molecule has 3 rings (SSSR count). The summed E-state index contributed by atoms with van der Waals surface area (Å²) in [6.07, 6.45) is -15.3. The van der Waals surface area contributed by atoms with Gasteiger partial charge in [0.2, 0.25) is 0 Å². The molecule has 0 unspecified atom stereocenters. The molecule has 2 aliphatic rings. The normalized spacial score (nSPS) is 18.4. The zero-order valence-corrected chi connectivity index (χ0v) is 20.5. The number of halogens is 7. The molecule has 14 heteroatoms. The molecule has 37 heavy (non-hydrogen) atoms. The standard InChI is InChI=1S/C23H27ClF6N2O5/c24-16-10-15(11-17(12-16)36-9-1-2-18(33)34)13-31-6-3-21(14-31)4-7-32(8-5-21)20(35)37-19(22(25,26)27)23(28,29)30/h10-12,19H,1-9,13-14H2,(H,33,34). The number of likely N-dealkylation sites (tertiary alicyclic amines) is 2. The van der Waals surface area contributed by atoms with Crippen LogP contribution in [0.15, 0.2) is 18.2 Å². The lowest BCUT2D eigenvalue weighted by Crippen LogP contribution is -2.50. The second-order valence-corrected chi connectivity index (χ2v) is 9.87. The Labute approximate surface area is 214 Å². The van der Waals surface area contributed by atoms with Gasteiger partial charge in [0.15, 0.2) is 0 Å². The lowest BCUT2D eigenvalue weighted by Gasteiger charge is -2.39. The number of carboxylic acids is 1. The van der Waals surface area contributed by atoms with Crippen molar-refractivity contribution in [3.8, 4) is 5.75 Å². The van der Waals surface area contributed by atoms with Crippen LogP contribution in [-0.4, -0.2) is 78.2 Å². The van der Waals surface area contributed by atoms with Crippen LogP contribution < -0.4 is 4.74 Å². The Kier molecular flexibility index (Phi) is 9.10. The van der Waals surface area contributed by atoms with Gasteiger partial charge in [0.05, 0.1) is 6.61 Å². The van der Waals surface area contributed by atoms with E-state index >= 15 is 0 Å². The predicted octanol–water partition coefficient (Wildman–Crippen LogP) is 5.50. The third-order valence-corrected chi connectivity index (χ3v) is 6.77. The van der Waals surface area contributed by atoms with E-state index in [9.17, 15) is 35.9 Å². The summed E-state index contributed by atoms with van der Waals surface area (Å²) in [5.74, 6) is -0.391. The summed E-state index contributed by atoms with van der Waals surface area (Å²) in [5, 5.41) is 9.17. The number of ether oxygens (including phenoxy) is 2. The molecule has 0 saturated carbocycles. The van der Waals surface area contributed by atoms with Crippen LogP contribution in [0.25, 0.3) is 0 Å². The monoisotopic (exact) mass is 560 g/mol. The lowest BCUT2D eigenvalue weighted by molar-refractivity contribution is -0.308. The summed E-state index contributed by atoms with van der Waals surface area (Å²) in [5.41, 5.74) is 0.669. The van der Waals surface area contributed by atoms with Crippen molar-refractivity contribution in [1.82, 2.24) is 9.80 Å². The smallest absolute Gasteiger partial charge is 0.434 e. The number of piperidine rings is 1. The Balaban J connectivity index is 1.51. The summed E-state index contributed by atoms with van der Waals surface area (Å²) in [6.45, 7) is 2.13. The maximum Gasteiger partial charge on any atom is 0.434 e. The van der Waals surface area contributed by atoms with Crippen molar-refractivity contribution in [3.05, 3.63) is 28.8 Å². The van der Waals surface area contributed by atoms with Crippen LogP contribution in [0.4, 0.5) is 31.1 Å². The van der Waals surface area contributed by atoms with Crippen LogP contribution >= 0.6 is 11.6 Å². The molecule has 1 aromatic rings. The number of carbonyl (C=O) groups is 2. The molecule has 208 valence electrons. The summed E-state index contributed by atoms with van der Waals surface area (Å²) in [6, 6.07) is 5.23. The van der Waals surface area contributed by atoms with Crippen molar-refractivity contribution in [2.75, 3.05) is 32.8 Å². The highest BCUT2D eigenvalue weighted by Gasteiger charge is 2.60. The zero-order chi connectivity index (χ0) is 27.4. The van der Waals surface area contributed by atoms with Gasteiger partial charge < -0.3 is 19.5 Å². The quantitative estimate of drug-likeness (QED) is 0.334. The van der Waals surface area contributed by atoms with Gasteiger partial charge in [-0.1, -0.05) is 11.6 Å². The molecule has 2 heterocycles. The fourth-order valence-electron chi connectivity index (χ4n) is 4.70. The molecule has 0 aliphatic carbocycles. The molecule has 2 saturated heterocycles. The fourth-order valence-corrected chi connectivity index (χ4v) is 4.94. The number of nitrogens with zero attached hydrogens (tertiary/aromatic N) is 2. The van der Waals surface area contributed by atoms with Crippen molar-refractivity contribution in [3.63, 3.8) is 0 Å².